The average molecular weight is 240 g/mol. The smallest absolute Gasteiger partial charge is 0.130 e. The highest BCUT2D eigenvalue weighted by molar-refractivity contribution is 5.18. The topological polar surface area (TPSA) is 24.1 Å². The summed E-state index contributed by atoms with van der Waals surface area (Å²) < 4.78 is 26.1. The molecule has 1 heterocycles. The van der Waals surface area contributed by atoms with Crippen LogP contribution in [0.2, 0.25) is 0 Å². The second kappa shape index (κ2) is 6.07. The first-order chi connectivity index (χ1) is 8.25. The predicted molar refractivity (Wildman–Crippen MR) is 63.7 cm³/mol. The summed E-state index contributed by atoms with van der Waals surface area (Å²) >= 11 is 0. The quantitative estimate of drug-likeness (QED) is 0.846. The van der Waals surface area contributed by atoms with Gasteiger partial charge in [-0.15, -0.1) is 0 Å². The number of nitrogens with one attached hydrogen (secondary N) is 2. The van der Waals surface area contributed by atoms with Gasteiger partial charge in [-0.05, 0) is 38.4 Å². The van der Waals surface area contributed by atoms with Crippen LogP contribution < -0.4 is 10.6 Å². The van der Waals surface area contributed by atoms with Crippen molar-refractivity contribution in [2.45, 2.75) is 31.8 Å². The zero-order valence-corrected chi connectivity index (χ0v) is 9.81. The van der Waals surface area contributed by atoms with E-state index in [2.05, 4.69) is 10.6 Å². The first-order valence-electron chi connectivity index (χ1n) is 6.14. The van der Waals surface area contributed by atoms with Crippen LogP contribution in [0.25, 0.3) is 0 Å². The average Bonchev–Trinajstić information content (AvgIpc) is 2.56. The Bertz CT molecular complexity index is 360. The monoisotopic (exact) mass is 240 g/mol. The summed E-state index contributed by atoms with van der Waals surface area (Å²) in [5, 5.41) is 6.67. The van der Waals surface area contributed by atoms with E-state index in [1.807, 2.05) is 0 Å². The second-order valence-corrected chi connectivity index (χ2v) is 4.49. The van der Waals surface area contributed by atoms with Crippen molar-refractivity contribution in [2.75, 3.05) is 13.1 Å². The molecule has 2 N–H and O–H groups in total. The molecule has 1 aromatic rings. The number of rotatable bonds is 3. The van der Waals surface area contributed by atoms with Gasteiger partial charge < -0.3 is 10.6 Å². The molecule has 0 aromatic heterocycles. The van der Waals surface area contributed by atoms with Crippen molar-refractivity contribution < 1.29 is 8.78 Å². The van der Waals surface area contributed by atoms with Gasteiger partial charge in [0.1, 0.15) is 11.6 Å². The Balaban J connectivity index is 1.88. The summed E-state index contributed by atoms with van der Waals surface area (Å²) in [5.74, 6) is -0.992. The summed E-state index contributed by atoms with van der Waals surface area (Å²) in [6.07, 6.45) is 3.31. The minimum Gasteiger partial charge on any atom is -0.317 e. The first-order valence-corrected chi connectivity index (χ1v) is 6.14. The first kappa shape index (κ1) is 12.5. The van der Waals surface area contributed by atoms with E-state index in [1.54, 1.807) is 0 Å². The molecule has 0 bridgehead atoms. The Hall–Kier alpha value is -1.00. The number of halogens is 2. The van der Waals surface area contributed by atoms with Crippen LogP contribution in [0.15, 0.2) is 18.2 Å². The highest BCUT2D eigenvalue weighted by atomic mass is 19.1. The molecule has 1 atom stereocenters. The van der Waals surface area contributed by atoms with Gasteiger partial charge in [-0.2, -0.15) is 0 Å². The zero-order chi connectivity index (χ0) is 12.1. The minimum atomic E-state index is -0.523. The summed E-state index contributed by atoms with van der Waals surface area (Å²) in [7, 11) is 0. The van der Waals surface area contributed by atoms with Crippen molar-refractivity contribution in [1.82, 2.24) is 10.6 Å². The van der Waals surface area contributed by atoms with Crippen molar-refractivity contribution in [3.63, 3.8) is 0 Å². The standard InChI is InChI=1S/C13H18F2N2/c14-11-4-3-10(13(15)8-11)9-17-12-2-1-6-16-7-5-12/h3-4,8,12,16-17H,1-2,5-7,9H2. The predicted octanol–water partition coefficient (Wildman–Crippen LogP) is 2.20. The van der Waals surface area contributed by atoms with Crippen LogP contribution >= 0.6 is 0 Å². The van der Waals surface area contributed by atoms with E-state index in [0.717, 1.165) is 38.4 Å². The Morgan fingerprint density at radius 3 is 2.94 bits per heavy atom. The highest BCUT2D eigenvalue weighted by Crippen LogP contribution is 2.11. The fraction of sp³-hybridized carbons (Fsp3) is 0.538. The Morgan fingerprint density at radius 2 is 2.12 bits per heavy atom. The third-order valence-electron chi connectivity index (χ3n) is 3.17. The van der Waals surface area contributed by atoms with Crippen LogP contribution in [0, 0.1) is 11.6 Å². The highest BCUT2D eigenvalue weighted by Gasteiger charge is 2.12. The van der Waals surface area contributed by atoms with Gasteiger partial charge in [-0.1, -0.05) is 6.07 Å². The molecule has 2 nitrogen and oxygen atoms in total. The molecule has 2 rings (SSSR count). The summed E-state index contributed by atoms with van der Waals surface area (Å²) in [6, 6.07) is 4.17. The maximum absolute atomic E-state index is 13.4. The lowest BCUT2D eigenvalue weighted by Gasteiger charge is -2.16. The summed E-state index contributed by atoms with van der Waals surface area (Å²) in [5.41, 5.74) is 0.531. The lowest BCUT2D eigenvalue weighted by atomic mass is 10.1. The SMILES string of the molecule is Fc1ccc(CNC2CCCNCC2)c(F)c1. The third kappa shape index (κ3) is 3.75. The lowest BCUT2D eigenvalue weighted by molar-refractivity contribution is 0.459. The van der Waals surface area contributed by atoms with E-state index in [0.29, 0.717) is 18.2 Å². The molecular formula is C13H18F2N2. The van der Waals surface area contributed by atoms with Crippen LogP contribution in [0.3, 0.4) is 0 Å². The van der Waals surface area contributed by atoms with E-state index in [4.69, 9.17) is 0 Å². The molecule has 1 fully saturated rings. The van der Waals surface area contributed by atoms with E-state index >= 15 is 0 Å². The Morgan fingerprint density at radius 1 is 1.24 bits per heavy atom. The molecule has 4 heteroatoms. The Labute approximate surface area is 100 Å². The van der Waals surface area contributed by atoms with Crippen LogP contribution in [-0.4, -0.2) is 19.1 Å². The van der Waals surface area contributed by atoms with E-state index in [9.17, 15) is 8.78 Å². The molecule has 17 heavy (non-hydrogen) atoms. The number of hydrogen-bond donors (Lipinski definition) is 2. The van der Waals surface area contributed by atoms with Crippen LogP contribution in [0.4, 0.5) is 8.78 Å². The van der Waals surface area contributed by atoms with Crippen LogP contribution in [-0.2, 0) is 6.54 Å². The van der Waals surface area contributed by atoms with E-state index < -0.39 is 11.6 Å². The van der Waals surface area contributed by atoms with E-state index in [-0.39, 0.29) is 0 Å². The largest absolute Gasteiger partial charge is 0.317 e. The molecule has 1 unspecified atom stereocenters. The van der Waals surface area contributed by atoms with Gasteiger partial charge in [0.05, 0.1) is 0 Å². The van der Waals surface area contributed by atoms with Gasteiger partial charge >= 0.3 is 0 Å². The second-order valence-electron chi connectivity index (χ2n) is 4.49. The zero-order valence-electron chi connectivity index (χ0n) is 9.81. The van der Waals surface area contributed by atoms with Gasteiger partial charge in [0.25, 0.3) is 0 Å². The van der Waals surface area contributed by atoms with Gasteiger partial charge in [-0.3, -0.25) is 0 Å². The molecule has 0 saturated carbocycles. The molecule has 0 amide bonds. The van der Waals surface area contributed by atoms with Crippen molar-refractivity contribution in [3.05, 3.63) is 35.4 Å². The third-order valence-corrected chi connectivity index (χ3v) is 3.17. The lowest BCUT2D eigenvalue weighted by Crippen LogP contribution is -2.29. The fourth-order valence-corrected chi connectivity index (χ4v) is 2.14. The molecule has 94 valence electrons. The maximum Gasteiger partial charge on any atom is 0.130 e. The number of hydrogen-bond acceptors (Lipinski definition) is 2. The van der Waals surface area contributed by atoms with Crippen molar-refractivity contribution >= 4 is 0 Å². The minimum absolute atomic E-state index is 0.425. The molecule has 0 aliphatic carbocycles. The molecular weight excluding hydrogens is 222 g/mol. The molecule has 0 radical (unpaired) electrons. The van der Waals surface area contributed by atoms with E-state index in [1.165, 1.54) is 12.1 Å². The normalized spacial score (nSPS) is 21.2. The van der Waals surface area contributed by atoms with Crippen molar-refractivity contribution in [3.8, 4) is 0 Å². The van der Waals surface area contributed by atoms with Crippen LogP contribution in [0.5, 0.6) is 0 Å². The summed E-state index contributed by atoms with van der Waals surface area (Å²) in [4.78, 5) is 0. The van der Waals surface area contributed by atoms with Gasteiger partial charge in [0.2, 0.25) is 0 Å². The van der Waals surface area contributed by atoms with Crippen molar-refractivity contribution in [1.29, 1.82) is 0 Å². The number of benzene rings is 1. The Kier molecular flexibility index (Phi) is 4.45. The summed E-state index contributed by atoms with van der Waals surface area (Å²) in [6.45, 7) is 2.53. The van der Waals surface area contributed by atoms with Gasteiger partial charge in [-0.25, -0.2) is 8.78 Å². The van der Waals surface area contributed by atoms with Crippen molar-refractivity contribution in [2.24, 2.45) is 0 Å². The van der Waals surface area contributed by atoms with Gasteiger partial charge in [0.15, 0.2) is 0 Å². The maximum atomic E-state index is 13.4. The molecule has 1 aliphatic rings. The molecule has 0 spiro atoms. The van der Waals surface area contributed by atoms with Crippen LogP contribution in [0.1, 0.15) is 24.8 Å². The molecule has 1 saturated heterocycles. The van der Waals surface area contributed by atoms with Gasteiger partial charge in [0, 0.05) is 24.2 Å². The molecule has 1 aliphatic heterocycles. The fourth-order valence-electron chi connectivity index (χ4n) is 2.14. The molecule has 1 aromatic carbocycles.